The summed E-state index contributed by atoms with van der Waals surface area (Å²) in [5, 5.41) is 3.46. The number of nitrogens with one attached hydrogen (secondary N) is 1. The SMILES string of the molecule is Cl.Cl.c1ccc([C@@H](C2CCCCC2)N2CCNCC2)nc1. The molecule has 0 unspecified atom stereocenters. The van der Waals surface area contributed by atoms with E-state index in [0.29, 0.717) is 6.04 Å². The Morgan fingerprint density at radius 1 is 1.05 bits per heavy atom. The average Bonchev–Trinajstić information content (AvgIpc) is 2.51. The molecule has 2 heterocycles. The Bertz CT molecular complexity index is 358. The molecule has 120 valence electrons. The molecule has 1 saturated carbocycles. The molecule has 1 aromatic heterocycles. The first-order valence-electron chi connectivity index (χ1n) is 7.81. The van der Waals surface area contributed by atoms with Gasteiger partial charge in [-0.25, -0.2) is 0 Å². The van der Waals surface area contributed by atoms with Crippen molar-refractivity contribution < 1.29 is 0 Å². The zero-order chi connectivity index (χ0) is 12.9. The highest BCUT2D eigenvalue weighted by Gasteiger charge is 2.31. The summed E-state index contributed by atoms with van der Waals surface area (Å²) in [5.41, 5.74) is 1.29. The van der Waals surface area contributed by atoms with Crippen molar-refractivity contribution in [1.82, 2.24) is 15.2 Å². The Hall–Kier alpha value is -0.350. The van der Waals surface area contributed by atoms with Crippen molar-refractivity contribution >= 4 is 24.8 Å². The third-order valence-corrected chi connectivity index (χ3v) is 4.63. The lowest BCUT2D eigenvalue weighted by molar-refractivity contribution is 0.100. The molecule has 21 heavy (non-hydrogen) atoms. The number of pyridine rings is 1. The number of hydrogen-bond donors (Lipinski definition) is 1. The van der Waals surface area contributed by atoms with Crippen LogP contribution in [-0.4, -0.2) is 36.1 Å². The van der Waals surface area contributed by atoms with E-state index in [1.807, 2.05) is 12.3 Å². The minimum Gasteiger partial charge on any atom is -0.314 e. The standard InChI is InChI=1S/C16H25N3.2ClH/c1-2-6-14(7-3-1)16(15-8-4-5-9-18-15)19-12-10-17-11-13-19;;/h4-5,8-9,14,16-17H,1-3,6-7,10-13H2;2*1H/t16-;;/m1../s1. The summed E-state index contributed by atoms with van der Waals surface area (Å²) in [6.45, 7) is 4.57. The Balaban J connectivity index is 0.00000110. The molecule has 0 bridgehead atoms. The van der Waals surface area contributed by atoms with Crippen molar-refractivity contribution in [3.05, 3.63) is 30.1 Å². The van der Waals surface area contributed by atoms with E-state index in [1.165, 1.54) is 37.8 Å². The molecule has 1 atom stereocenters. The van der Waals surface area contributed by atoms with E-state index in [1.54, 1.807) is 0 Å². The van der Waals surface area contributed by atoms with E-state index in [-0.39, 0.29) is 24.8 Å². The van der Waals surface area contributed by atoms with E-state index < -0.39 is 0 Å². The molecular weight excluding hydrogens is 305 g/mol. The molecular formula is C16H27Cl2N3. The predicted molar refractivity (Wildman–Crippen MR) is 92.5 cm³/mol. The molecule has 0 aromatic carbocycles. The van der Waals surface area contributed by atoms with E-state index in [0.717, 1.165) is 32.1 Å². The fraction of sp³-hybridized carbons (Fsp3) is 0.688. The van der Waals surface area contributed by atoms with E-state index >= 15 is 0 Å². The van der Waals surface area contributed by atoms with E-state index in [2.05, 4.69) is 27.3 Å². The third-order valence-electron chi connectivity index (χ3n) is 4.63. The Labute approximate surface area is 140 Å². The van der Waals surface area contributed by atoms with Crippen LogP contribution in [0, 0.1) is 5.92 Å². The maximum Gasteiger partial charge on any atom is 0.0578 e. The van der Waals surface area contributed by atoms with Crippen molar-refractivity contribution in [2.45, 2.75) is 38.1 Å². The average molecular weight is 332 g/mol. The first-order valence-corrected chi connectivity index (χ1v) is 7.81. The molecule has 1 aromatic rings. The van der Waals surface area contributed by atoms with Gasteiger partial charge in [0.15, 0.2) is 0 Å². The van der Waals surface area contributed by atoms with Gasteiger partial charge in [-0.3, -0.25) is 9.88 Å². The monoisotopic (exact) mass is 331 g/mol. The summed E-state index contributed by atoms with van der Waals surface area (Å²) in [6, 6.07) is 6.93. The van der Waals surface area contributed by atoms with Crippen LogP contribution in [0.2, 0.25) is 0 Å². The number of rotatable bonds is 3. The van der Waals surface area contributed by atoms with Gasteiger partial charge in [0.1, 0.15) is 0 Å². The van der Waals surface area contributed by atoms with Crippen molar-refractivity contribution in [3.8, 4) is 0 Å². The first-order chi connectivity index (χ1) is 9.45. The van der Waals surface area contributed by atoms with E-state index in [4.69, 9.17) is 0 Å². The second kappa shape index (κ2) is 9.62. The molecule has 1 saturated heterocycles. The Kier molecular flexibility index (Phi) is 8.57. The van der Waals surface area contributed by atoms with Crippen LogP contribution in [-0.2, 0) is 0 Å². The summed E-state index contributed by atoms with van der Waals surface area (Å²) < 4.78 is 0. The van der Waals surface area contributed by atoms with Crippen LogP contribution in [0.15, 0.2) is 24.4 Å². The van der Waals surface area contributed by atoms with Crippen molar-refractivity contribution in [3.63, 3.8) is 0 Å². The van der Waals surface area contributed by atoms with Crippen LogP contribution in [0.1, 0.15) is 43.8 Å². The number of halogens is 2. The Morgan fingerprint density at radius 3 is 2.38 bits per heavy atom. The normalized spacial score (nSPS) is 21.9. The topological polar surface area (TPSA) is 28.2 Å². The van der Waals surface area contributed by atoms with Gasteiger partial charge in [-0.2, -0.15) is 0 Å². The van der Waals surface area contributed by atoms with E-state index in [9.17, 15) is 0 Å². The molecule has 0 radical (unpaired) electrons. The van der Waals surface area contributed by atoms with Crippen LogP contribution < -0.4 is 5.32 Å². The lowest BCUT2D eigenvalue weighted by Gasteiger charge is -2.40. The molecule has 3 rings (SSSR count). The quantitative estimate of drug-likeness (QED) is 0.919. The van der Waals surface area contributed by atoms with Crippen molar-refractivity contribution in [2.24, 2.45) is 5.92 Å². The van der Waals surface area contributed by atoms with Crippen LogP contribution >= 0.6 is 24.8 Å². The second-order valence-corrected chi connectivity index (χ2v) is 5.88. The van der Waals surface area contributed by atoms with Gasteiger partial charge >= 0.3 is 0 Å². The molecule has 1 N–H and O–H groups in total. The number of nitrogens with zero attached hydrogens (tertiary/aromatic N) is 2. The highest BCUT2D eigenvalue weighted by molar-refractivity contribution is 5.85. The molecule has 5 heteroatoms. The van der Waals surface area contributed by atoms with Gasteiger partial charge in [-0.1, -0.05) is 25.3 Å². The highest BCUT2D eigenvalue weighted by atomic mass is 35.5. The largest absolute Gasteiger partial charge is 0.314 e. The van der Waals surface area contributed by atoms with Gasteiger partial charge in [0, 0.05) is 32.4 Å². The summed E-state index contributed by atoms with van der Waals surface area (Å²) in [6.07, 6.45) is 8.94. The molecule has 0 spiro atoms. The van der Waals surface area contributed by atoms with Gasteiger partial charge in [0.05, 0.1) is 11.7 Å². The number of hydrogen-bond acceptors (Lipinski definition) is 3. The molecule has 2 fully saturated rings. The molecule has 3 nitrogen and oxygen atoms in total. The zero-order valence-corrected chi connectivity index (χ0v) is 14.2. The maximum atomic E-state index is 4.67. The molecule has 0 amide bonds. The smallest absolute Gasteiger partial charge is 0.0578 e. The summed E-state index contributed by atoms with van der Waals surface area (Å²) >= 11 is 0. The van der Waals surface area contributed by atoms with Gasteiger partial charge in [-0.15, -0.1) is 24.8 Å². The summed E-state index contributed by atoms with van der Waals surface area (Å²) in [4.78, 5) is 7.33. The number of piperazine rings is 1. The van der Waals surface area contributed by atoms with Crippen LogP contribution in [0.5, 0.6) is 0 Å². The maximum absolute atomic E-state index is 4.67. The van der Waals surface area contributed by atoms with Crippen LogP contribution in [0.4, 0.5) is 0 Å². The second-order valence-electron chi connectivity index (χ2n) is 5.88. The predicted octanol–water partition coefficient (Wildman–Crippen LogP) is 3.45. The number of aromatic nitrogens is 1. The molecule has 1 aliphatic heterocycles. The lowest BCUT2D eigenvalue weighted by atomic mass is 9.81. The minimum absolute atomic E-state index is 0. The van der Waals surface area contributed by atoms with Gasteiger partial charge in [0.25, 0.3) is 0 Å². The van der Waals surface area contributed by atoms with Crippen molar-refractivity contribution in [2.75, 3.05) is 26.2 Å². The van der Waals surface area contributed by atoms with Crippen molar-refractivity contribution in [1.29, 1.82) is 0 Å². The van der Waals surface area contributed by atoms with Crippen LogP contribution in [0.3, 0.4) is 0 Å². The van der Waals surface area contributed by atoms with Crippen LogP contribution in [0.25, 0.3) is 0 Å². The highest BCUT2D eigenvalue weighted by Crippen LogP contribution is 2.37. The van der Waals surface area contributed by atoms with Gasteiger partial charge < -0.3 is 5.32 Å². The fourth-order valence-electron chi connectivity index (χ4n) is 3.69. The first kappa shape index (κ1) is 18.7. The fourth-order valence-corrected chi connectivity index (χ4v) is 3.69. The lowest BCUT2D eigenvalue weighted by Crippen LogP contribution is -2.47. The van der Waals surface area contributed by atoms with Gasteiger partial charge in [-0.05, 0) is 30.9 Å². The summed E-state index contributed by atoms with van der Waals surface area (Å²) in [7, 11) is 0. The zero-order valence-electron chi connectivity index (χ0n) is 12.5. The third kappa shape index (κ3) is 4.82. The Morgan fingerprint density at radius 2 is 1.76 bits per heavy atom. The minimum atomic E-state index is 0. The summed E-state index contributed by atoms with van der Waals surface area (Å²) in [5.74, 6) is 0.807. The molecule has 2 aliphatic rings. The molecule has 1 aliphatic carbocycles. The van der Waals surface area contributed by atoms with Gasteiger partial charge in [0.2, 0.25) is 0 Å².